The summed E-state index contributed by atoms with van der Waals surface area (Å²) in [4.78, 5) is 36.6. The van der Waals surface area contributed by atoms with Crippen LogP contribution in [0.3, 0.4) is 0 Å². The molecule has 0 spiro atoms. The number of rotatable bonds is 5. The zero-order valence-corrected chi connectivity index (χ0v) is 15.3. The zero-order chi connectivity index (χ0) is 18.4. The first-order valence-electron chi connectivity index (χ1n) is 7.94. The molecule has 2 amide bonds. The van der Waals surface area contributed by atoms with Crippen LogP contribution in [0.2, 0.25) is 0 Å². The molecule has 9 heteroatoms. The summed E-state index contributed by atoms with van der Waals surface area (Å²) >= 11 is 1.21. The van der Waals surface area contributed by atoms with E-state index < -0.39 is 23.5 Å². The minimum Gasteiger partial charge on any atom is -0.467 e. The molecule has 1 unspecified atom stereocenters. The lowest BCUT2D eigenvalue weighted by atomic mass is 9.92. The maximum absolute atomic E-state index is 12.4. The Morgan fingerprint density at radius 2 is 2.16 bits per heavy atom. The van der Waals surface area contributed by atoms with Crippen molar-refractivity contribution in [2.45, 2.75) is 32.2 Å². The molecule has 0 aromatic carbocycles. The van der Waals surface area contributed by atoms with Crippen molar-refractivity contribution < 1.29 is 28.6 Å². The van der Waals surface area contributed by atoms with Gasteiger partial charge in [0.25, 0.3) is 0 Å². The smallest absolute Gasteiger partial charge is 0.341 e. The van der Waals surface area contributed by atoms with Gasteiger partial charge in [-0.1, -0.05) is 0 Å². The Hall–Kier alpha value is -2.13. The number of esters is 2. The number of amides is 2. The molecule has 138 valence electrons. The Labute approximate surface area is 149 Å². The predicted molar refractivity (Wildman–Crippen MR) is 92.0 cm³/mol. The number of thiophene rings is 1. The Morgan fingerprint density at radius 3 is 2.76 bits per heavy atom. The summed E-state index contributed by atoms with van der Waals surface area (Å²) in [6.07, 6.45) is 1.04. The molecule has 0 saturated carbocycles. The van der Waals surface area contributed by atoms with E-state index in [-0.39, 0.29) is 13.2 Å². The number of urea groups is 1. The summed E-state index contributed by atoms with van der Waals surface area (Å²) < 4.78 is 15.2. The molecule has 1 aliphatic rings. The van der Waals surface area contributed by atoms with Crippen LogP contribution in [0, 0.1) is 6.92 Å². The number of aryl methyl sites for hydroxylation is 1. The van der Waals surface area contributed by atoms with Crippen molar-refractivity contribution in [1.82, 2.24) is 5.32 Å². The van der Waals surface area contributed by atoms with Crippen LogP contribution >= 0.6 is 11.3 Å². The second kappa shape index (κ2) is 8.30. The van der Waals surface area contributed by atoms with Gasteiger partial charge in [0.15, 0.2) is 5.54 Å². The van der Waals surface area contributed by atoms with Gasteiger partial charge in [-0.15, -0.1) is 11.3 Å². The third-order valence-corrected chi connectivity index (χ3v) is 4.86. The normalized spacial score (nSPS) is 19.8. The standard InChI is InChI=1S/C16H22N2O6S/c1-4-24-13(19)11-10(2)8-25-12(11)17-15(21)18-16(14(20)22-3)6-5-7-23-9-16/h8H,4-7,9H2,1-3H3,(H2,17,18,21). The number of ether oxygens (including phenoxy) is 3. The number of hydrogen-bond donors (Lipinski definition) is 2. The van der Waals surface area contributed by atoms with Crippen LogP contribution < -0.4 is 10.6 Å². The summed E-state index contributed by atoms with van der Waals surface area (Å²) in [5, 5.41) is 7.39. The van der Waals surface area contributed by atoms with Gasteiger partial charge in [0.1, 0.15) is 5.00 Å². The molecule has 0 radical (unpaired) electrons. The largest absolute Gasteiger partial charge is 0.467 e. The molecule has 2 rings (SSSR count). The Bertz CT molecular complexity index is 651. The van der Waals surface area contributed by atoms with Gasteiger partial charge in [-0.2, -0.15) is 0 Å². The van der Waals surface area contributed by atoms with E-state index in [9.17, 15) is 14.4 Å². The van der Waals surface area contributed by atoms with Gasteiger partial charge in [0.05, 0.1) is 25.9 Å². The van der Waals surface area contributed by atoms with Crippen LogP contribution in [0.5, 0.6) is 0 Å². The molecular formula is C16H22N2O6S. The summed E-state index contributed by atoms with van der Waals surface area (Å²) in [7, 11) is 1.26. The van der Waals surface area contributed by atoms with Gasteiger partial charge in [-0.3, -0.25) is 5.32 Å². The summed E-state index contributed by atoms with van der Waals surface area (Å²) in [5.41, 5.74) is -0.204. The fraction of sp³-hybridized carbons (Fsp3) is 0.562. The second-order valence-electron chi connectivity index (χ2n) is 5.65. The maximum Gasteiger partial charge on any atom is 0.341 e. The molecule has 1 aliphatic heterocycles. The Balaban J connectivity index is 2.14. The molecular weight excluding hydrogens is 348 g/mol. The van der Waals surface area contributed by atoms with E-state index in [0.717, 1.165) is 0 Å². The van der Waals surface area contributed by atoms with Crippen molar-refractivity contribution in [3.8, 4) is 0 Å². The minimum atomic E-state index is -1.23. The summed E-state index contributed by atoms with van der Waals surface area (Å²) in [5.74, 6) is -1.06. The van der Waals surface area contributed by atoms with Crippen LogP contribution in [-0.2, 0) is 19.0 Å². The van der Waals surface area contributed by atoms with Gasteiger partial charge in [0.2, 0.25) is 0 Å². The molecule has 1 atom stereocenters. The summed E-state index contributed by atoms with van der Waals surface area (Å²) in [6.45, 7) is 4.28. The van der Waals surface area contributed by atoms with E-state index in [2.05, 4.69) is 10.6 Å². The van der Waals surface area contributed by atoms with Gasteiger partial charge >= 0.3 is 18.0 Å². The van der Waals surface area contributed by atoms with Crippen LogP contribution in [0.1, 0.15) is 35.7 Å². The molecule has 1 aromatic rings. The van der Waals surface area contributed by atoms with Crippen molar-refractivity contribution in [1.29, 1.82) is 0 Å². The predicted octanol–water partition coefficient (Wildman–Crippen LogP) is 2.08. The highest BCUT2D eigenvalue weighted by Crippen LogP contribution is 2.29. The van der Waals surface area contributed by atoms with E-state index in [1.54, 1.807) is 19.2 Å². The van der Waals surface area contributed by atoms with Crippen LogP contribution in [0.25, 0.3) is 0 Å². The number of hydrogen-bond acceptors (Lipinski definition) is 7. The van der Waals surface area contributed by atoms with Gasteiger partial charge in [-0.25, -0.2) is 14.4 Å². The third-order valence-electron chi connectivity index (χ3n) is 3.85. The van der Waals surface area contributed by atoms with Crippen molar-refractivity contribution in [3.05, 3.63) is 16.5 Å². The first kappa shape index (κ1) is 19.2. The number of carbonyl (C=O) groups excluding carboxylic acids is 3. The number of anilines is 1. The fourth-order valence-corrected chi connectivity index (χ4v) is 3.57. The number of carbonyl (C=O) groups is 3. The molecule has 1 aromatic heterocycles. The first-order chi connectivity index (χ1) is 11.9. The zero-order valence-electron chi connectivity index (χ0n) is 14.5. The second-order valence-corrected chi connectivity index (χ2v) is 6.53. The first-order valence-corrected chi connectivity index (χ1v) is 8.82. The average molecular weight is 370 g/mol. The average Bonchev–Trinajstić information content (AvgIpc) is 2.95. The van der Waals surface area contributed by atoms with Crippen LogP contribution in [0.4, 0.5) is 9.80 Å². The van der Waals surface area contributed by atoms with Crippen molar-refractivity contribution in [2.24, 2.45) is 0 Å². The van der Waals surface area contributed by atoms with Crippen LogP contribution in [0.15, 0.2) is 5.38 Å². The maximum atomic E-state index is 12.4. The fourth-order valence-electron chi connectivity index (χ4n) is 2.65. The van der Waals surface area contributed by atoms with E-state index in [1.165, 1.54) is 18.4 Å². The van der Waals surface area contributed by atoms with Gasteiger partial charge < -0.3 is 19.5 Å². The third kappa shape index (κ3) is 4.29. The quantitative estimate of drug-likeness (QED) is 0.769. The molecule has 25 heavy (non-hydrogen) atoms. The van der Waals surface area contributed by atoms with E-state index in [0.29, 0.717) is 35.6 Å². The monoisotopic (exact) mass is 370 g/mol. The van der Waals surface area contributed by atoms with Crippen molar-refractivity contribution in [3.63, 3.8) is 0 Å². The molecule has 2 heterocycles. The molecule has 8 nitrogen and oxygen atoms in total. The molecule has 1 fully saturated rings. The highest BCUT2D eigenvalue weighted by Gasteiger charge is 2.43. The lowest BCUT2D eigenvalue weighted by molar-refractivity contribution is -0.153. The molecule has 0 bridgehead atoms. The van der Waals surface area contributed by atoms with Crippen molar-refractivity contribution >= 4 is 34.3 Å². The Morgan fingerprint density at radius 1 is 1.40 bits per heavy atom. The molecule has 2 N–H and O–H groups in total. The van der Waals surface area contributed by atoms with Crippen LogP contribution in [-0.4, -0.2) is 50.4 Å². The molecule has 0 aliphatic carbocycles. The lowest BCUT2D eigenvalue weighted by Crippen LogP contribution is -2.60. The topological polar surface area (TPSA) is 103 Å². The van der Waals surface area contributed by atoms with Gasteiger partial charge in [-0.05, 0) is 37.6 Å². The highest BCUT2D eigenvalue weighted by atomic mass is 32.1. The van der Waals surface area contributed by atoms with E-state index in [1.807, 2.05) is 0 Å². The van der Waals surface area contributed by atoms with E-state index in [4.69, 9.17) is 14.2 Å². The number of nitrogens with one attached hydrogen (secondary N) is 2. The lowest BCUT2D eigenvalue weighted by Gasteiger charge is -2.34. The Kier molecular flexibility index (Phi) is 6.38. The number of methoxy groups -OCH3 is 1. The summed E-state index contributed by atoms with van der Waals surface area (Å²) in [6, 6.07) is -0.608. The molecule has 1 saturated heterocycles. The SMILES string of the molecule is CCOC(=O)c1c(C)csc1NC(=O)NC1(C(=O)OC)CCCOC1. The van der Waals surface area contributed by atoms with E-state index >= 15 is 0 Å². The van der Waals surface area contributed by atoms with Gasteiger partial charge in [0, 0.05) is 6.61 Å². The minimum absolute atomic E-state index is 0.0430. The highest BCUT2D eigenvalue weighted by molar-refractivity contribution is 7.15. The van der Waals surface area contributed by atoms with Crippen molar-refractivity contribution in [2.75, 3.05) is 32.2 Å².